The van der Waals surface area contributed by atoms with E-state index in [2.05, 4.69) is 62.4 Å². The van der Waals surface area contributed by atoms with Crippen LogP contribution in [0.15, 0.2) is 35.4 Å². The van der Waals surface area contributed by atoms with Crippen LogP contribution in [0.1, 0.15) is 20.8 Å². The molecule has 1 nitrogen and oxygen atoms in total. The van der Waals surface area contributed by atoms with Gasteiger partial charge >= 0.3 is 0 Å². The molecule has 0 saturated heterocycles. The van der Waals surface area contributed by atoms with E-state index in [1.807, 2.05) is 11.8 Å². The summed E-state index contributed by atoms with van der Waals surface area (Å²) in [6.07, 6.45) is 8.94. The molecule has 0 bridgehead atoms. The SMILES string of the molecule is CCN(C)/C(C)=C/C=C\C1SC=CC1C. The zero-order valence-corrected chi connectivity index (χ0v) is 10.9. The molecule has 0 aromatic carbocycles. The van der Waals surface area contributed by atoms with E-state index in [1.54, 1.807) is 0 Å². The van der Waals surface area contributed by atoms with Gasteiger partial charge in [0.15, 0.2) is 0 Å². The van der Waals surface area contributed by atoms with Gasteiger partial charge in [0.05, 0.1) is 0 Å². The van der Waals surface area contributed by atoms with Crippen LogP contribution in [0.3, 0.4) is 0 Å². The first-order chi connectivity index (χ1) is 7.15. The van der Waals surface area contributed by atoms with E-state index in [4.69, 9.17) is 0 Å². The number of allylic oxidation sites excluding steroid dienone is 4. The van der Waals surface area contributed by atoms with E-state index in [9.17, 15) is 0 Å². The van der Waals surface area contributed by atoms with Crippen LogP contribution >= 0.6 is 11.8 Å². The molecular formula is C13H21NS. The van der Waals surface area contributed by atoms with Crippen molar-refractivity contribution in [3.8, 4) is 0 Å². The summed E-state index contributed by atoms with van der Waals surface area (Å²) in [5.74, 6) is 0.670. The van der Waals surface area contributed by atoms with Gasteiger partial charge in [-0.15, -0.1) is 11.8 Å². The van der Waals surface area contributed by atoms with Gasteiger partial charge in [-0.3, -0.25) is 0 Å². The highest BCUT2D eigenvalue weighted by Gasteiger charge is 2.15. The lowest BCUT2D eigenvalue weighted by molar-refractivity contribution is 0.443. The van der Waals surface area contributed by atoms with Crippen molar-refractivity contribution in [2.75, 3.05) is 13.6 Å². The molecule has 0 aromatic heterocycles. The largest absolute Gasteiger partial charge is 0.378 e. The minimum atomic E-state index is 0.626. The molecule has 0 aliphatic carbocycles. The molecule has 0 spiro atoms. The van der Waals surface area contributed by atoms with Gasteiger partial charge in [-0.1, -0.05) is 25.2 Å². The van der Waals surface area contributed by atoms with Crippen molar-refractivity contribution in [3.63, 3.8) is 0 Å². The maximum atomic E-state index is 2.29. The van der Waals surface area contributed by atoms with Crippen LogP contribution in [-0.4, -0.2) is 23.7 Å². The van der Waals surface area contributed by atoms with Gasteiger partial charge in [0.1, 0.15) is 0 Å². The third-order valence-corrected chi connectivity index (χ3v) is 4.07. The Balaban J connectivity index is 2.45. The summed E-state index contributed by atoms with van der Waals surface area (Å²) in [6.45, 7) is 7.64. The molecule has 0 aromatic rings. The Morgan fingerprint density at radius 3 is 2.80 bits per heavy atom. The Kier molecular flexibility index (Phi) is 5.03. The summed E-state index contributed by atoms with van der Waals surface area (Å²) < 4.78 is 0. The van der Waals surface area contributed by atoms with Crippen molar-refractivity contribution < 1.29 is 0 Å². The molecule has 0 amide bonds. The van der Waals surface area contributed by atoms with E-state index in [0.29, 0.717) is 11.2 Å². The molecule has 0 saturated carbocycles. The standard InChI is InChI=1S/C13H21NS/c1-5-14(4)12(3)7-6-8-13-11(2)9-10-15-13/h6-11,13H,5H2,1-4H3/b8-6-,12-7+. The molecule has 2 heteroatoms. The van der Waals surface area contributed by atoms with E-state index < -0.39 is 0 Å². The molecule has 2 atom stereocenters. The van der Waals surface area contributed by atoms with Crippen molar-refractivity contribution in [2.24, 2.45) is 5.92 Å². The summed E-state index contributed by atoms with van der Waals surface area (Å²) in [6, 6.07) is 0. The number of nitrogens with zero attached hydrogens (tertiary/aromatic N) is 1. The zero-order valence-electron chi connectivity index (χ0n) is 10.1. The third kappa shape index (κ3) is 3.78. The molecule has 1 aliphatic heterocycles. The quantitative estimate of drug-likeness (QED) is 0.669. The number of rotatable bonds is 4. The van der Waals surface area contributed by atoms with Gasteiger partial charge < -0.3 is 4.90 Å². The van der Waals surface area contributed by atoms with Crippen LogP contribution in [0.2, 0.25) is 0 Å². The molecule has 84 valence electrons. The fourth-order valence-electron chi connectivity index (χ4n) is 1.40. The Morgan fingerprint density at radius 2 is 2.27 bits per heavy atom. The summed E-state index contributed by atoms with van der Waals surface area (Å²) in [5.41, 5.74) is 1.32. The second kappa shape index (κ2) is 6.06. The maximum Gasteiger partial charge on any atom is 0.0331 e. The van der Waals surface area contributed by atoms with Crippen LogP contribution in [0.25, 0.3) is 0 Å². The van der Waals surface area contributed by atoms with E-state index in [1.165, 1.54) is 5.70 Å². The Labute approximate surface area is 97.9 Å². The maximum absolute atomic E-state index is 2.29. The first-order valence-electron chi connectivity index (χ1n) is 5.53. The van der Waals surface area contributed by atoms with Crippen LogP contribution < -0.4 is 0 Å². The normalized spacial score (nSPS) is 26.5. The second-order valence-electron chi connectivity index (χ2n) is 4.00. The third-order valence-electron chi connectivity index (χ3n) is 2.85. The van der Waals surface area contributed by atoms with Crippen LogP contribution in [0, 0.1) is 5.92 Å². The highest BCUT2D eigenvalue weighted by molar-refractivity contribution is 8.03. The monoisotopic (exact) mass is 223 g/mol. The number of hydrogen-bond acceptors (Lipinski definition) is 2. The van der Waals surface area contributed by atoms with E-state index in [0.717, 1.165) is 6.54 Å². The molecule has 15 heavy (non-hydrogen) atoms. The summed E-state index contributed by atoms with van der Waals surface area (Å²) in [7, 11) is 2.12. The fraction of sp³-hybridized carbons (Fsp3) is 0.538. The van der Waals surface area contributed by atoms with Gasteiger partial charge in [0.2, 0.25) is 0 Å². The van der Waals surface area contributed by atoms with Crippen LogP contribution in [-0.2, 0) is 0 Å². The van der Waals surface area contributed by atoms with E-state index >= 15 is 0 Å². The topological polar surface area (TPSA) is 3.24 Å². The van der Waals surface area contributed by atoms with Crippen LogP contribution in [0.4, 0.5) is 0 Å². The fourth-order valence-corrected chi connectivity index (χ4v) is 2.44. The first kappa shape index (κ1) is 12.4. The lowest BCUT2D eigenvalue weighted by Gasteiger charge is -2.16. The zero-order chi connectivity index (χ0) is 11.3. The van der Waals surface area contributed by atoms with Crippen molar-refractivity contribution in [1.29, 1.82) is 0 Å². The Hall–Kier alpha value is -0.630. The molecule has 1 heterocycles. The number of thioether (sulfide) groups is 1. The lowest BCUT2D eigenvalue weighted by atomic mass is 10.1. The second-order valence-corrected chi connectivity index (χ2v) is 5.08. The molecule has 1 aliphatic rings. The average Bonchev–Trinajstić information content (AvgIpc) is 2.63. The van der Waals surface area contributed by atoms with Gasteiger partial charge in [-0.25, -0.2) is 0 Å². The molecule has 2 unspecified atom stereocenters. The predicted molar refractivity (Wildman–Crippen MR) is 70.9 cm³/mol. The predicted octanol–water partition coefficient (Wildman–Crippen LogP) is 3.66. The minimum Gasteiger partial charge on any atom is -0.378 e. The smallest absolute Gasteiger partial charge is 0.0331 e. The van der Waals surface area contributed by atoms with Crippen molar-refractivity contribution in [2.45, 2.75) is 26.0 Å². The molecule has 0 N–H and O–H groups in total. The van der Waals surface area contributed by atoms with Crippen molar-refractivity contribution >= 4 is 11.8 Å². The van der Waals surface area contributed by atoms with Gasteiger partial charge in [0.25, 0.3) is 0 Å². The highest BCUT2D eigenvalue weighted by atomic mass is 32.2. The van der Waals surface area contributed by atoms with E-state index in [-0.39, 0.29) is 0 Å². The summed E-state index contributed by atoms with van der Waals surface area (Å²) in [5, 5.41) is 2.83. The van der Waals surface area contributed by atoms with Crippen molar-refractivity contribution in [1.82, 2.24) is 4.90 Å². The van der Waals surface area contributed by atoms with Crippen molar-refractivity contribution in [3.05, 3.63) is 35.4 Å². The average molecular weight is 223 g/mol. The summed E-state index contributed by atoms with van der Waals surface area (Å²) in [4.78, 5) is 2.24. The first-order valence-corrected chi connectivity index (χ1v) is 6.47. The van der Waals surface area contributed by atoms with Gasteiger partial charge in [-0.2, -0.15) is 0 Å². The number of hydrogen-bond donors (Lipinski definition) is 0. The minimum absolute atomic E-state index is 0.626. The molecule has 0 fully saturated rings. The highest BCUT2D eigenvalue weighted by Crippen LogP contribution is 2.30. The molecule has 0 radical (unpaired) electrons. The Morgan fingerprint density at radius 1 is 1.53 bits per heavy atom. The van der Waals surface area contributed by atoms with Gasteiger partial charge in [0, 0.05) is 24.5 Å². The molecular weight excluding hydrogens is 202 g/mol. The van der Waals surface area contributed by atoms with Crippen LogP contribution in [0.5, 0.6) is 0 Å². The lowest BCUT2D eigenvalue weighted by Crippen LogP contribution is -2.14. The van der Waals surface area contributed by atoms with Gasteiger partial charge in [-0.05, 0) is 31.2 Å². The molecule has 1 rings (SSSR count). The Bertz CT molecular complexity index is 278. The summed E-state index contributed by atoms with van der Waals surface area (Å²) >= 11 is 1.91.